The van der Waals surface area contributed by atoms with Gasteiger partial charge in [0.1, 0.15) is 0 Å². The third kappa shape index (κ3) is 4.58. The van der Waals surface area contributed by atoms with Crippen LogP contribution in [0.5, 0.6) is 0 Å². The van der Waals surface area contributed by atoms with Crippen LogP contribution in [0.15, 0.2) is 200 Å². The molecule has 0 N–H and O–H groups in total. The molecule has 0 amide bonds. The SMILES string of the molecule is c1ccc(-c2c3ccccc3c(-c3ccc(-n4c5ccccc5c5ccccc54)c4ccccc34)c3ccc(-c4ccc5ccccc5c4)cc23)cc1. The van der Waals surface area contributed by atoms with Gasteiger partial charge in [-0.3, -0.25) is 0 Å². The molecule has 1 aromatic heterocycles. The highest BCUT2D eigenvalue weighted by atomic mass is 15.0. The molecule has 0 bridgehead atoms. The molecule has 11 rings (SSSR count). The van der Waals surface area contributed by atoms with Crippen LogP contribution in [0.25, 0.3) is 104 Å². The van der Waals surface area contributed by atoms with E-state index in [0.717, 1.165) is 0 Å². The summed E-state index contributed by atoms with van der Waals surface area (Å²) in [4.78, 5) is 0. The average Bonchev–Trinajstić information content (AvgIpc) is 3.56. The summed E-state index contributed by atoms with van der Waals surface area (Å²) in [5.41, 5.74) is 11.1. The van der Waals surface area contributed by atoms with E-state index < -0.39 is 0 Å². The first-order chi connectivity index (χ1) is 26.3. The summed E-state index contributed by atoms with van der Waals surface area (Å²) in [5.74, 6) is 0. The number of rotatable bonds is 4. The zero-order valence-corrected chi connectivity index (χ0v) is 29.0. The molecule has 1 nitrogen and oxygen atoms in total. The van der Waals surface area contributed by atoms with Gasteiger partial charge < -0.3 is 4.57 Å². The van der Waals surface area contributed by atoms with Crippen LogP contribution in [-0.4, -0.2) is 4.57 Å². The van der Waals surface area contributed by atoms with Crippen molar-refractivity contribution in [2.24, 2.45) is 0 Å². The first-order valence-corrected chi connectivity index (χ1v) is 18.4. The minimum atomic E-state index is 1.19. The van der Waals surface area contributed by atoms with Gasteiger partial charge in [0.15, 0.2) is 0 Å². The van der Waals surface area contributed by atoms with Crippen LogP contribution in [0.3, 0.4) is 0 Å². The molecule has 0 saturated carbocycles. The van der Waals surface area contributed by atoms with Gasteiger partial charge in [0.05, 0.1) is 16.7 Å². The molecule has 0 aliphatic carbocycles. The van der Waals surface area contributed by atoms with Crippen molar-refractivity contribution in [1.29, 1.82) is 0 Å². The molecular formula is C52H33N. The zero-order chi connectivity index (χ0) is 34.9. The van der Waals surface area contributed by atoms with Crippen LogP contribution >= 0.6 is 0 Å². The summed E-state index contributed by atoms with van der Waals surface area (Å²) in [5, 5.41) is 12.5. The molecule has 1 heterocycles. The van der Waals surface area contributed by atoms with E-state index in [1.165, 1.54) is 104 Å². The Morgan fingerprint density at radius 2 is 0.792 bits per heavy atom. The maximum Gasteiger partial charge on any atom is 0.0541 e. The molecule has 0 aliphatic rings. The largest absolute Gasteiger partial charge is 0.309 e. The Morgan fingerprint density at radius 3 is 1.53 bits per heavy atom. The van der Waals surface area contributed by atoms with E-state index >= 15 is 0 Å². The van der Waals surface area contributed by atoms with Crippen molar-refractivity contribution in [2.45, 2.75) is 0 Å². The molecule has 11 aromatic rings. The Morgan fingerprint density at radius 1 is 0.264 bits per heavy atom. The lowest BCUT2D eigenvalue weighted by molar-refractivity contribution is 1.20. The lowest BCUT2D eigenvalue weighted by Crippen LogP contribution is -1.97. The molecule has 1 heteroatoms. The van der Waals surface area contributed by atoms with Gasteiger partial charge in [-0.1, -0.05) is 170 Å². The van der Waals surface area contributed by atoms with Crippen LogP contribution in [-0.2, 0) is 0 Å². The maximum absolute atomic E-state index is 2.45. The monoisotopic (exact) mass is 671 g/mol. The van der Waals surface area contributed by atoms with Crippen molar-refractivity contribution in [2.75, 3.05) is 0 Å². The summed E-state index contributed by atoms with van der Waals surface area (Å²) in [7, 11) is 0. The third-order valence-corrected chi connectivity index (χ3v) is 11.2. The standard InChI is InChI=1S/C52H33N/c1-2-15-35(16-3-1)51-43-22-8-9-23-44(43)52(46-29-28-38(33-47(46)51)37-27-26-34-14-4-5-17-36(34)32-37)45-30-31-50(40-19-7-6-18-39(40)45)53-48-24-12-10-20-41(48)42-21-11-13-25-49(42)53/h1-33H. The quantitative estimate of drug-likeness (QED) is 0.164. The molecular weight excluding hydrogens is 639 g/mol. The second-order valence-electron chi connectivity index (χ2n) is 14.0. The smallest absolute Gasteiger partial charge is 0.0541 e. The third-order valence-electron chi connectivity index (χ3n) is 11.2. The van der Waals surface area contributed by atoms with E-state index in [1.54, 1.807) is 0 Å². The van der Waals surface area contributed by atoms with Crippen molar-refractivity contribution in [3.05, 3.63) is 200 Å². The second kappa shape index (κ2) is 11.8. The number of aromatic nitrogens is 1. The van der Waals surface area contributed by atoms with Crippen molar-refractivity contribution in [3.8, 4) is 39.1 Å². The first-order valence-electron chi connectivity index (χ1n) is 18.4. The van der Waals surface area contributed by atoms with Gasteiger partial charge in [0, 0.05) is 16.2 Å². The van der Waals surface area contributed by atoms with Gasteiger partial charge in [0.25, 0.3) is 0 Å². The molecule has 0 radical (unpaired) electrons. The van der Waals surface area contributed by atoms with Crippen molar-refractivity contribution in [3.63, 3.8) is 0 Å². The highest BCUT2D eigenvalue weighted by molar-refractivity contribution is 6.24. The normalized spacial score (nSPS) is 11.8. The Kier molecular flexibility index (Phi) is 6.62. The summed E-state index contributed by atoms with van der Waals surface area (Å²) in [6.45, 7) is 0. The molecule has 53 heavy (non-hydrogen) atoms. The van der Waals surface area contributed by atoms with Crippen molar-refractivity contribution >= 4 is 64.9 Å². The summed E-state index contributed by atoms with van der Waals surface area (Å²) >= 11 is 0. The fourth-order valence-corrected chi connectivity index (χ4v) is 8.81. The fraction of sp³-hybridized carbons (Fsp3) is 0. The predicted molar refractivity (Wildman–Crippen MR) is 227 cm³/mol. The van der Waals surface area contributed by atoms with Crippen molar-refractivity contribution in [1.82, 2.24) is 4.57 Å². The first kappa shape index (κ1) is 29.7. The molecule has 0 unspecified atom stereocenters. The number of hydrogen-bond donors (Lipinski definition) is 0. The number of nitrogens with zero attached hydrogens (tertiary/aromatic N) is 1. The fourth-order valence-electron chi connectivity index (χ4n) is 8.81. The topological polar surface area (TPSA) is 4.93 Å². The number of para-hydroxylation sites is 2. The molecule has 0 saturated heterocycles. The zero-order valence-electron chi connectivity index (χ0n) is 29.0. The van der Waals surface area contributed by atoms with Crippen LogP contribution in [0.4, 0.5) is 0 Å². The van der Waals surface area contributed by atoms with Crippen LogP contribution in [0, 0.1) is 0 Å². The summed E-state index contributed by atoms with van der Waals surface area (Å²) in [6.07, 6.45) is 0. The Bertz CT molecular complexity index is 3170. The van der Waals surface area contributed by atoms with E-state index in [0.29, 0.717) is 0 Å². The highest BCUT2D eigenvalue weighted by Crippen LogP contribution is 2.47. The average molecular weight is 672 g/mol. The Balaban J connectivity index is 1.23. The molecule has 10 aromatic carbocycles. The van der Waals surface area contributed by atoms with E-state index in [9.17, 15) is 0 Å². The highest BCUT2D eigenvalue weighted by Gasteiger charge is 2.21. The van der Waals surface area contributed by atoms with Crippen LogP contribution < -0.4 is 0 Å². The van der Waals surface area contributed by atoms with Crippen LogP contribution in [0.2, 0.25) is 0 Å². The van der Waals surface area contributed by atoms with Gasteiger partial charge in [-0.15, -0.1) is 0 Å². The predicted octanol–water partition coefficient (Wildman–Crippen LogP) is 14.4. The van der Waals surface area contributed by atoms with Crippen LogP contribution in [0.1, 0.15) is 0 Å². The number of benzene rings is 10. The summed E-state index contributed by atoms with van der Waals surface area (Å²) in [6, 6.07) is 73.6. The molecule has 0 aliphatic heterocycles. The molecule has 0 spiro atoms. The summed E-state index contributed by atoms with van der Waals surface area (Å²) < 4.78 is 2.45. The number of fused-ring (bicyclic) bond motifs is 7. The Labute approximate surface area is 307 Å². The van der Waals surface area contributed by atoms with E-state index in [-0.39, 0.29) is 0 Å². The Hall–Kier alpha value is -6.96. The minimum Gasteiger partial charge on any atom is -0.309 e. The second-order valence-corrected chi connectivity index (χ2v) is 14.0. The molecule has 0 atom stereocenters. The van der Waals surface area contributed by atoms with Gasteiger partial charge >= 0.3 is 0 Å². The van der Waals surface area contributed by atoms with E-state index in [2.05, 4.69) is 205 Å². The van der Waals surface area contributed by atoms with Gasteiger partial charge in [-0.05, 0) is 101 Å². The van der Waals surface area contributed by atoms with Gasteiger partial charge in [-0.2, -0.15) is 0 Å². The van der Waals surface area contributed by atoms with Gasteiger partial charge in [-0.25, -0.2) is 0 Å². The molecule has 0 fully saturated rings. The lowest BCUT2D eigenvalue weighted by Gasteiger charge is -2.21. The lowest BCUT2D eigenvalue weighted by atomic mass is 9.83. The maximum atomic E-state index is 2.45. The van der Waals surface area contributed by atoms with Gasteiger partial charge in [0.2, 0.25) is 0 Å². The number of hydrogen-bond acceptors (Lipinski definition) is 0. The van der Waals surface area contributed by atoms with E-state index in [4.69, 9.17) is 0 Å². The minimum absolute atomic E-state index is 1.19. The van der Waals surface area contributed by atoms with E-state index in [1.807, 2.05) is 0 Å². The molecule has 246 valence electrons. The van der Waals surface area contributed by atoms with Crippen molar-refractivity contribution < 1.29 is 0 Å².